The van der Waals surface area contributed by atoms with Crippen molar-refractivity contribution in [3.63, 3.8) is 0 Å². The molecule has 0 aromatic rings. The van der Waals surface area contributed by atoms with E-state index in [2.05, 4.69) is 45.2 Å². The standard InChI is InChI=1S/C11H23I2N/c12-10-8-6-4-2-1-3-5-7-9-11(13)14/h11H,1-10,14H2/t11-/m0/s1. The van der Waals surface area contributed by atoms with Crippen LogP contribution in [0.15, 0.2) is 0 Å². The quantitative estimate of drug-likeness (QED) is 0.236. The second kappa shape index (κ2) is 12.5. The summed E-state index contributed by atoms with van der Waals surface area (Å²) in [5.41, 5.74) is 5.67. The number of unbranched alkanes of at least 4 members (excludes halogenated alkanes) is 7. The third-order valence-corrected chi connectivity index (χ3v) is 3.75. The van der Waals surface area contributed by atoms with Crippen LogP contribution in [0.2, 0.25) is 0 Å². The molecule has 0 bridgehead atoms. The molecule has 0 aromatic carbocycles. The minimum atomic E-state index is 0.372. The zero-order valence-electron chi connectivity index (χ0n) is 8.98. The van der Waals surface area contributed by atoms with Crippen molar-refractivity contribution in [1.82, 2.24) is 0 Å². The summed E-state index contributed by atoms with van der Waals surface area (Å²) in [5, 5.41) is 0. The lowest BCUT2D eigenvalue weighted by Gasteiger charge is -2.03. The van der Waals surface area contributed by atoms with Crippen molar-refractivity contribution >= 4 is 45.2 Å². The highest BCUT2D eigenvalue weighted by Crippen LogP contribution is 2.11. The van der Waals surface area contributed by atoms with Crippen LogP contribution in [0.25, 0.3) is 0 Å². The molecule has 3 heteroatoms. The highest BCUT2D eigenvalue weighted by molar-refractivity contribution is 14.1. The summed E-state index contributed by atoms with van der Waals surface area (Å²) in [7, 11) is 0. The van der Waals surface area contributed by atoms with Gasteiger partial charge in [-0.15, -0.1) is 0 Å². The minimum absolute atomic E-state index is 0.372. The van der Waals surface area contributed by atoms with E-state index in [0.717, 1.165) is 0 Å². The van der Waals surface area contributed by atoms with E-state index in [4.69, 9.17) is 5.73 Å². The van der Waals surface area contributed by atoms with Gasteiger partial charge in [0, 0.05) is 0 Å². The number of hydrogen-bond acceptors (Lipinski definition) is 1. The molecule has 0 heterocycles. The average Bonchev–Trinajstić information content (AvgIpc) is 2.15. The number of hydrogen-bond donors (Lipinski definition) is 1. The third-order valence-electron chi connectivity index (χ3n) is 2.36. The van der Waals surface area contributed by atoms with Crippen LogP contribution in [0.1, 0.15) is 57.8 Å². The van der Waals surface area contributed by atoms with Gasteiger partial charge in [0.25, 0.3) is 0 Å². The first-order valence-corrected chi connectivity index (χ1v) is 8.50. The van der Waals surface area contributed by atoms with Gasteiger partial charge in [0.15, 0.2) is 0 Å². The van der Waals surface area contributed by atoms with Crippen molar-refractivity contribution in [2.75, 3.05) is 4.43 Å². The van der Waals surface area contributed by atoms with E-state index in [1.807, 2.05) is 0 Å². The Hall–Kier alpha value is 1.42. The van der Waals surface area contributed by atoms with Gasteiger partial charge in [0.1, 0.15) is 0 Å². The summed E-state index contributed by atoms with van der Waals surface area (Å²) < 4.78 is 1.70. The highest BCUT2D eigenvalue weighted by Gasteiger charge is 1.95. The van der Waals surface area contributed by atoms with Crippen molar-refractivity contribution in [2.24, 2.45) is 5.73 Å². The van der Waals surface area contributed by atoms with E-state index in [0.29, 0.717) is 4.05 Å². The molecule has 86 valence electrons. The van der Waals surface area contributed by atoms with Gasteiger partial charge < -0.3 is 5.73 Å². The van der Waals surface area contributed by atoms with Crippen molar-refractivity contribution in [2.45, 2.75) is 61.8 Å². The maximum absolute atomic E-state index is 5.67. The number of rotatable bonds is 10. The second-order valence-corrected chi connectivity index (χ2v) is 6.50. The van der Waals surface area contributed by atoms with Crippen LogP contribution in [0.4, 0.5) is 0 Å². The van der Waals surface area contributed by atoms with Crippen molar-refractivity contribution < 1.29 is 0 Å². The lowest BCUT2D eigenvalue weighted by Crippen LogP contribution is -2.09. The van der Waals surface area contributed by atoms with Gasteiger partial charge in [-0.2, -0.15) is 0 Å². The van der Waals surface area contributed by atoms with Gasteiger partial charge in [-0.25, -0.2) is 0 Å². The van der Waals surface area contributed by atoms with Crippen LogP contribution < -0.4 is 5.73 Å². The molecule has 0 aliphatic rings. The fourth-order valence-corrected chi connectivity index (χ4v) is 2.47. The molecule has 0 unspecified atom stereocenters. The number of nitrogens with two attached hydrogens (primary N) is 1. The molecule has 0 amide bonds. The molecule has 0 saturated carbocycles. The summed E-state index contributed by atoms with van der Waals surface area (Å²) in [5.74, 6) is 0. The average molecular weight is 423 g/mol. The van der Waals surface area contributed by atoms with E-state index in [9.17, 15) is 0 Å². The van der Waals surface area contributed by atoms with Crippen molar-refractivity contribution in [3.8, 4) is 0 Å². The van der Waals surface area contributed by atoms with Gasteiger partial charge in [-0.3, -0.25) is 0 Å². The Labute approximate surface area is 116 Å². The molecular weight excluding hydrogens is 400 g/mol. The first kappa shape index (κ1) is 15.4. The largest absolute Gasteiger partial charge is 0.320 e. The summed E-state index contributed by atoms with van der Waals surface area (Å²) in [4.78, 5) is 0. The molecule has 0 fully saturated rings. The second-order valence-electron chi connectivity index (χ2n) is 3.82. The Bertz CT molecular complexity index is 107. The Balaban J connectivity index is 2.85. The van der Waals surface area contributed by atoms with Crippen LogP contribution in [-0.4, -0.2) is 8.48 Å². The minimum Gasteiger partial charge on any atom is -0.320 e. The SMILES string of the molecule is N[C@H](I)CCCCCCCCCCI. The molecule has 0 rings (SSSR count). The monoisotopic (exact) mass is 423 g/mol. The van der Waals surface area contributed by atoms with E-state index in [1.54, 1.807) is 0 Å². The molecule has 0 aliphatic carbocycles. The van der Waals surface area contributed by atoms with Crippen molar-refractivity contribution in [3.05, 3.63) is 0 Å². The van der Waals surface area contributed by atoms with Crippen LogP contribution in [0, 0.1) is 0 Å². The zero-order chi connectivity index (χ0) is 10.6. The first-order valence-electron chi connectivity index (χ1n) is 5.73. The Morgan fingerprint density at radius 3 is 1.64 bits per heavy atom. The van der Waals surface area contributed by atoms with E-state index < -0.39 is 0 Å². The maximum Gasteiger partial charge on any atom is 0.0568 e. The smallest absolute Gasteiger partial charge is 0.0568 e. The normalized spacial score (nSPS) is 13.1. The molecule has 14 heavy (non-hydrogen) atoms. The summed E-state index contributed by atoms with van der Waals surface area (Å²) >= 11 is 4.76. The summed E-state index contributed by atoms with van der Waals surface area (Å²) in [6.07, 6.45) is 12.4. The Kier molecular flexibility index (Phi) is 13.8. The topological polar surface area (TPSA) is 26.0 Å². The molecule has 0 spiro atoms. The van der Waals surface area contributed by atoms with Gasteiger partial charge in [-0.05, 0) is 17.3 Å². The molecule has 0 aliphatic heterocycles. The van der Waals surface area contributed by atoms with Gasteiger partial charge in [0.2, 0.25) is 0 Å². The van der Waals surface area contributed by atoms with Gasteiger partial charge in [0.05, 0.1) is 4.05 Å². The Morgan fingerprint density at radius 2 is 1.21 bits per heavy atom. The van der Waals surface area contributed by atoms with Gasteiger partial charge in [-0.1, -0.05) is 90.1 Å². The highest BCUT2D eigenvalue weighted by atomic mass is 127. The predicted octanol–water partition coefficient (Wildman–Crippen LogP) is 4.65. The van der Waals surface area contributed by atoms with E-state index >= 15 is 0 Å². The maximum atomic E-state index is 5.67. The number of halogens is 2. The molecule has 2 N–H and O–H groups in total. The Morgan fingerprint density at radius 1 is 0.786 bits per heavy atom. The summed E-state index contributed by atoms with van der Waals surface area (Å²) in [6.45, 7) is 0. The third kappa shape index (κ3) is 13.4. The van der Waals surface area contributed by atoms with Crippen LogP contribution in [0.5, 0.6) is 0 Å². The van der Waals surface area contributed by atoms with Crippen LogP contribution >= 0.6 is 45.2 Å². The van der Waals surface area contributed by atoms with E-state index in [-0.39, 0.29) is 0 Å². The molecular formula is C11H23I2N. The molecule has 1 nitrogen and oxygen atoms in total. The molecule has 0 saturated heterocycles. The van der Waals surface area contributed by atoms with Crippen molar-refractivity contribution in [1.29, 1.82) is 0 Å². The lowest BCUT2D eigenvalue weighted by molar-refractivity contribution is 0.566. The fourth-order valence-electron chi connectivity index (χ4n) is 1.49. The molecule has 0 aromatic heterocycles. The lowest BCUT2D eigenvalue weighted by atomic mass is 10.1. The fraction of sp³-hybridized carbons (Fsp3) is 1.00. The predicted molar refractivity (Wildman–Crippen MR) is 82.4 cm³/mol. The van der Waals surface area contributed by atoms with Crippen LogP contribution in [-0.2, 0) is 0 Å². The van der Waals surface area contributed by atoms with Gasteiger partial charge >= 0.3 is 0 Å². The van der Waals surface area contributed by atoms with E-state index in [1.165, 1.54) is 62.2 Å². The summed E-state index contributed by atoms with van der Waals surface area (Å²) in [6, 6.07) is 0. The molecule has 0 radical (unpaired) electrons. The zero-order valence-corrected chi connectivity index (χ0v) is 13.3. The molecule has 1 atom stereocenters. The number of alkyl halides is 2. The van der Waals surface area contributed by atoms with Crippen LogP contribution in [0.3, 0.4) is 0 Å². The first-order chi connectivity index (χ1) is 6.77.